The summed E-state index contributed by atoms with van der Waals surface area (Å²) in [5.74, 6) is 0. The number of hydrogen-bond donors (Lipinski definition) is 1. The van der Waals surface area contributed by atoms with Crippen LogP contribution in [-0.2, 0) is 6.54 Å². The second-order valence-electron chi connectivity index (χ2n) is 3.77. The van der Waals surface area contributed by atoms with Crippen LogP contribution >= 0.6 is 11.6 Å². The Hall–Kier alpha value is -0.530. The summed E-state index contributed by atoms with van der Waals surface area (Å²) >= 11 is 6.04. The molecule has 1 nitrogen and oxygen atoms in total. The summed E-state index contributed by atoms with van der Waals surface area (Å²) in [5, 5.41) is 4.29. The smallest absolute Gasteiger partial charge is 0.0438 e. The Bertz CT molecular complexity index is 296. The molecule has 2 heteroatoms. The fraction of sp³-hybridized carbons (Fsp3) is 0.500. The van der Waals surface area contributed by atoms with Gasteiger partial charge in [-0.15, -0.1) is 0 Å². The van der Waals surface area contributed by atoms with Crippen molar-refractivity contribution in [2.24, 2.45) is 0 Å². The Morgan fingerprint density at radius 1 is 1.43 bits per heavy atom. The molecule has 0 fully saturated rings. The van der Waals surface area contributed by atoms with Crippen LogP contribution in [0.15, 0.2) is 18.2 Å². The Morgan fingerprint density at radius 2 is 2.14 bits per heavy atom. The standard InChI is InChI=1S/C12H18ClN/c1-4-10(3)14-8-11-6-5-9(2)12(13)7-11/h5-7,10,14H,4,8H2,1-3H3. The number of aryl methyl sites for hydroxylation is 1. The van der Waals surface area contributed by atoms with Crippen molar-refractivity contribution >= 4 is 11.6 Å². The number of halogens is 1. The van der Waals surface area contributed by atoms with Gasteiger partial charge in [0.2, 0.25) is 0 Å². The van der Waals surface area contributed by atoms with Gasteiger partial charge in [-0.1, -0.05) is 30.7 Å². The number of benzene rings is 1. The highest BCUT2D eigenvalue weighted by atomic mass is 35.5. The van der Waals surface area contributed by atoms with Gasteiger partial charge in [-0.05, 0) is 37.5 Å². The van der Waals surface area contributed by atoms with Gasteiger partial charge in [0.1, 0.15) is 0 Å². The summed E-state index contributed by atoms with van der Waals surface area (Å²) in [5.41, 5.74) is 2.39. The highest BCUT2D eigenvalue weighted by Crippen LogP contribution is 2.16. The minimum absolute atomic E-state index is 0.565. The van der Waals surface area contributed by atoms with E-state index in [4.69, 9.17) is 11.6 Å². The molecule has 1 aromatic carbocycles. The number of nitrogens with one attached hydrogen (secondary N) is 1. The van der Waals surface area contributed by atoms with Crippen LogP contribution in [0.5, 0.6) is 0 Å². The maximum atomic E-state index is 6.04. The SMILES string of the molecule is CCC(C)NCc1ccc(C)c(Cl)c1. The molecular formula is C12H18ClN. The maximum absolute atomic E-state index is 6.04. The highest BCUT2D eigenvalue weighted by Gasteiger charge is 2.00. The zero-order valence-corrected chi connectivity index (χ0v) is 9.86. The van der Waals surface area contributed by atoms with Crippen LogP contribution in [0.1, 0.15) is 31.4 Å². The number of rotatable bonds is 4. The van der Waals surface area contributed by atoms with E-state index < -0.39 is 0 Å². The molecule has 0 aliphatic rings. The minimum atomic E-state index is 0.565. The van der Waals surface area contributed by atoms with E-state index in [9.17, 15) is 0 Å². The van der Waals surface area contributed by atoms with Crippen molar-refractivity contribution < 1.29 is 0 Å². The summed E-state index contributed by atoms with van der Waals surface area (Å²) in [6.07, 6.45) is 1.15. The molecule has 1 aromatic rings. The van der Waals surface area contributed by atoms with E-state index in [0.29, 0.717) is 6.04 Å². The fourth-order valence-electron chi connectivity index (χ4n) is 1.18. The molecule has 1 atom stereocenters. The van der Waals surface area contributed by atoms with E-state index >= 15 is 0 Å². The van der Waals surface area contributed by atoms with Gasteiger partial charge >= 0.3 is 0 Å². The molecule has 0 aliphatic carbocycles. The van der Waals surface area contributed by atoms with Gasteiger partial charge in [0.15, 0.2) is 0 Å². The first-order chi connectivity index (χ1) is 6.63. The van der Waals surface area contributed by atoms with Crippen molar-refractivity contribution in [3.63, 3.8) is 0 Å². The summed E-state index contributed by atoms with van der Waals surface area (Å²) < 4.78 is 0. The molecule has 14 heavy (non-hydrogen) atoms. The van der Waals surface area contributed by atoms with E-state index in [-0.39, 0.29) is 0 Å². The molecule has 0 aliphatic heterocycles. The molecule has 0 aromatic heterocycles. The summed E-state index contributed by atoms with van der Waals surface area (Å²) in [7, 11) is 0. The monoisotopic (exact) mass is 211 g/mol. The summed E-state index contributed by atoms with van der Waals surface area (Å²) in [6, 6.07) is 6.79. The van der Waals surface area contributed by atoms with Crippen LogP contribution in [0.4, 0.5) is 0 Å². The Balaban J connectivity index is 2.55. The lowest BCUT2D eigenvalue weighted by Gasteiger charge is -2.11. The molecule has 1 N–H and O–H groups in total. The highest BCUT2D eigenvalue weighted by molar-refractivity contribution is 6.31. The van der Waals surface area contributed by atoms with Crippen molar-refractivity contribution in [1.82, 2.24) is 5.32 Å². The molecule has 0 heterocycles. The van der Waals surface area contributed by atoms with Crippen molar-refractivity contribution in [2.45, 2.75) is 39.8 Å². The van der Waals surface area contributed by atoms with Crippen LogP contribution in [-0.4, -0.2) is 6.04 Å². The van der Waals surface area contributed by atoms with Crippen LogP contribution in [0.25, 0.3) is 0 Å². The number of hydrogen-bond acceptors (Lipinski definition) is 1. The topological polar surface area (TPSA) is 12.0 Å². The third kappa shape index (κ3) is 3.32. The third-order valence-corrected chi connectivity index (χ3v) is 2.91. The lowest BCUT2D eigenvalue weighted by molar-refractivity contribution is 0.534. The molecule has 0 bridgehead atoms. The van der Waals surface area contributed by atoms with Crippen molar-refractivity contribution in [3.05, 3.63) is 34.3 Å². The Labute approximate surface area is 91.5 Å². The molecule has 0 amide bonds. The molecule has 0 radical (unpaired) electrons. The second-order valence-corrected chi connectivity index (χ2v) is 4.18. The summed E-state index contributed by atoms with van der Waals surface area (Å²) in [4.78, 5) is 0. The molecule has 1 unspecified atom stereocenters. The first kappa shape index (κ1) is 11.5. The van der Waals surface area contributed by atoms with Crippen LogP contribution < -0.4 is 5.32 Å². The maximum Gasteiger partial charge on any atom is 0.0438 e. The normalized spacial score (nSPS) is 12.9. The van der Waals surface area contributed by atoms with E-state index in [1.54, 1.807) is 0 Å². The van der Waals surface area contributed by atoms with Gasteiger partial charge in [-0.25, -0.2) is 0 Å². The zero-order chi connectivity index (χ0) is 10.6. The average Bonchev–Trinajstić information content (AvgIpc) is 2.19. The van der Waals surface area contributed by atoms with E-state index in [1.165, 1.54) is 5.56 Å². The lowest BCUT2D eigenvalue weighted by atomic mass is 10.1. The predicted molar refractivity (Wildman–Crippen MR) is 62.8 cm³/mol. The van der Waals surface area contributed by atoms with Gasteiger partial charge in [-0.2, -0.15) is 0 Å². The first-order valence-electron chi connectivity index (χ1n) is 5.12. The molecule has 1 rings (SSSR count). The van der Waals surface area contributed by atoms with Gasteiger partial charge in [0.05, 0.1) is 0 Å². The molecule has 0 spiro atoms. The zero-order valence-electron chi connectivity index (χ0n) is 9.10. The van der Waals surface area contributed by atoms with E-state index in [0.717, 1.165) is 23.6 Å². The van der Waals surface area contributed by atoms with Crippen molar-refractivity contribution in [2.75, 3.05) is 0 Å². The molecule has 0 saturated carbocycles. The average molecular weight is 212 g/mol. The third-order valence-electron chi connectivity index (χ3n) is 2.50. The minimum Gasteiger partial charge on any atom is -0.310 e. The largest absolute Gasteiger partial charge is 0.310 e. The van der Waals surface area contributed by atoms with Crippen LogP contribution in [0, 0.1) is 6.92 Å². The lowest BCUT2D eigenvalue weighted by Crippen LogP contribution is -2.24. The first-order valence-corrected chi connectivity index (χ1v) is 5.49. The van der Waals surface area contributed by atoms with Gasteiger partial charge in [0.25, 0.3) is 0 Å². The Kier molecular flexibility index (Phi) is 4.43. The van der Waals surface area contributed by atoms with Crippen LogP contribution in [0.2, 0.25) is 5.02 Å². The fourth-order valence-corrected chi connectivity index (χ4v) is 1.39. The van der Waals surface area contributed by atoms with E-state index in [1.807, 2.05) is 13.0 Å². The van der Waals surface area contributed by atoms with Gasteiger partial charge in [0, 0.05) is 17.6 Å². The summed E-state index contributed by atoms with van der Waals surface area (Å²) in [6.45, 7) is 7.29. The predicted octanol–water partition coefficient (Wildman–Crippen LogP) is 3.54. The van der Waals surface area contributed by atoms with Crippen LogP contribution in [0.3, 0.4) is 0 Å². The quantitative estimate of drug-likeness (QED) is 0.804. The van der Waals surface area contributed by atoms with Gasteiger partial charge < -0.3 is 5.32 Å². The molecular weight excluding hydrogens is 194 g/mol. The molecule has 0 saturated heterocycles. The molecule has 78 valence electrons. The van der Waals surface area contributed by atoms with Crippen molar-refractivity contribution in [3.8, 4) is 0 Å². The Morgan fingerprint density at radius 3 is 2.71 bits per heavy atom. The second kappa shape index (κ2) is 5.38. The van der Waals surface area contributed by atoms with E-state index in [2.05, 4.69) is 31.3 Å². The van der Waals surface area contributed by atoms with Gasteiger partial charge in [-0.3, -0.25) is 0 Å². The van der Waals surface area contributed by atoms with Crippen molar-refractivity contribution in [1.29, 1.82) is 0 Å².